The number of allylic oxidation sites excluding steroid dienone is 4. The molecule has 0 radical (unpaired) electrons. The highest BCUT2D eigenvalue weighted by atomic mass is 35.5. The minimum absolute atomic E-state index is 0.209. The molecule has 254 valence electrons. The summed E-state index contributed by atoms with van der Waals surface area (Å²) in [6.45, 7) is 0. The second-order valence-electron chi connectivity index (χ2n) is 14.4. The summed E-state index contributed by atoms with van der Waals surface area (Å²) in [5.41, 5.74) is 12.9. The Hall–Kier alpha value is -6.48. The second kappa shape index (κ2) is 12.3. The Bertz CT molecular complexity index is 3160. The summed E-state index contributed by atoms with van der Waals surface area (Å²) in [5, 5.41) is 9.35. The van der Waals surface area contributed by atoms with Crippen LogP contribution in [0.5, 0.6) is 0 Å². The molecule has 2 aliphatic rings. The van der Waals surface area contributed by atoms with Crippen LogP contribution in [0.3, 0.4) is 0 Å². The van der Waals surface area contributed by atoms with Gasteiger partial charge in [-0.05, 0) is 132 Å². The number of halogens is 1. The van der Waals surface area contributed by atoms with Crippen LogP contribution < -0.4 is 10.4 Å². The first-order chi connectivity index (χ1) is 26.7. The zero-order valence-corrected chi connectivity index (χ0v) is 30.1. The van der Waals surface area contributed by atoms with E-state index < -0.39 is 0 Å². The van der Waals surface area contributed by atoms with Crippen molar-refractivity contribution in [3.05, 3.63) is 214 Å². The summed E-state index contributed by atoms with van der Waals surface area (Å²) in [6.07, 6.45) is 9.72. The summed E-state index contributed by atoms with van der Waals surface area (Å²) in [7, 11) is 0. The Morgan fingerprint density at radius 2 is 1.26 bits per heavy atom. The zero-order chi connectivity index (χ0) is 35.8. The van der Waals surface area contributed by atoms with Crippen molar-refractivity contribution >= 4 is 66.2 Å². The van der Waals surface area contributed by atoms with E-state index in [9.17, 15) is 0 Å². The van der Waals surface area contributed by atoms with Gasteiger partial charge in [-0.3, -0.25) is 4.98 Å². The molecule has 0 aliphatic heterocycles. The van der Waals surface area contributed by atoms with E-state index in [4.69, 9.17) is 16.6 Å². The van der Waals surface area contributed by atoms with Crippen molar-refractivity contribution < 1.29 is 0 Å². The van der Waals surface area contributed by atoms with Crippen molar-refractivity contribution in [2.45, 2.75) is 6.42 Å². The van der Waals surface area contributed by atoms with Gasteiger partial charge in [0.1, 0.15) is 0 Å². The molecule has 0 amide bonds. The molecular weight excluding hydrogens is 676 g/mol. The molecule has 0 spiro atoms. The molecule has 2 nitrogen and oxygen atoms in total. The third kappa shape index (κ3) is 4.91. The van der Waals surface area contributed by atoms with Crippen molar-refractivity contribution in [2.75, 3.05) is 0 Å². The molecule has 1 atom stereocenters. The molecule has 2 aliphatic carbocycles. The normalized spacial score (nSPS) is 15.2. The lowest BCUT2D eigenvalue weighted by Crippen LogP contribution is -2.38. The Balaban J connectivity index is 1.20. The molecule has 0 bridgehead atoms. The molecule has 54 heavy (non-hydrogen) atoms. The van der Waals surface area contributed by atoms with Crippen LogP contribution in [-0.4, -0.2) is 9.55 Å². The van der Waals surface area contributed by atoms with E-state index in [1.165, 1.54) is 59.8 Å². The fraction of sp³-hybridized carbons (Fsp3) is 0.0392. The molecule has 7 aromatic carbocycles. The lowest BCUT2D eigenvalue weighted by molar-refractivity contribution is 0.798. The Morgan fingerprint density at radius 3 is 2.09 bits per heavy atom. The first-order valence-corrected chi connectivity index (χ1v) is 19.0. The molecule has 9 aromatic rings. The summed E-state index contributed by atoms with van der Waals surface area (Å²) in [4.78, 5) is 4.78. The minimum atomic E-state index is 0.209. The average molecular weight is 709 g/mol. The number of aromatic nitrogens is 2. The molecule has 2 aromatic heterocycles. The van der Waals surface area contributed by atoms with Crippen LogP contribution in [0.2, 0.25) is 5.02 Å². The Kier molecular flexibility index (Phi) is 7.08. The summed E-state index contributed by atoms with van der Waals surface area (Å²) >= 11 is 7.03. The van der Waals surface area contributed by atoms with Gasteiger partial charge in [0.05, 0.1) is 16.6 Å². The van der Waals surface area contributed by atoms with Crippen molar-refractivity contribution in [3.63, 3.8) is 0 Å². The third-order valence-corrected chi connectivity index (χ3v) is 11.6. The van der Waals surface area contributed by atoms with Gasteiger partial charge < -0.3 is 4.57 Å². The van der Waals surface area contributed by atoms with Crippen molar-refractivity contribution in [3.8, 4) is 16.8 Å². The quantitative estimate of drug-likeness (QED) is 0.178. The summed E-state index contributed by atoms with van der Waals surface area (Å²) in [6, 6.07) is 57.3. The number of fused-ring (bicyclic) bond motifs is 7. The zero-order valence-electron chi connectivity index (χ0n) is 29.4. The lowest BCUT2D eigenvalue weighted by atomic mass is 9.72. The van der Waals surface area contributed by atoms with E-state index >= 15 is 0 Å². The Morgan fingerprint density at radius 1 is 0.556 bits per heavy atom. The van der Waals surface area contributed by atoms with Crippen LogP contribution in [0.4, 0.5) is 0 Å². The first kappa shape index (κ1) is 31.1. The van der Waals surface area contributed by atoms with Gasteiger partial charge in [-0.15, -0.1) is 0 Å². The van der Waals surface area contributed by atoms with Crippen molar-refractivity contribution in [1.82, 2.24) is 9.55 Å². The SMILES string of the molecule is Clc1cc(-c2ccc3c(c2)=C(c2ccc4ccccc4c2)C2CC=CC=C2C=3c2ccc3ccccc3c2)cc(-n2c3ccccc3c3ncccc32)c1. The maximum Gasteiger partial charge on any atom is 0.0963 e. The van der Waals surface area contributed by atoms with Gasteiger partial charge >= 0.3 is 0 Å². The topological polar surface area (TPSA) is 17.8 Å². The summed E-state index contributed by atoms with van der Waals surface area (Å²) < 4.78 is 2.29. The first-order valence-electron chi connectivity index (χ1n) is 18.6. The Labute approximate surface area is 317 Å². The van der Waals surface area contributed by atoms with Gasteiger partial charge in [-0.2, -0.15) is 0 Å². The highest BCUT2D eigenvalue weighted by Gasteiger charge is 2.30. The molecule has 0 saturated carbocycles. The van der Waals surface area contributed by atoms with Crippen LogP contribution in [0.25, 0.3) is 71.4 Å². The van der Waals surface area contributed by atoms with Gasteiger partial charge in [-0.25, -0.2) is 0 Å². The molecule has 0 saturated heterocycles. The summed E-state index contributed by atoms with van der Waals surface area (Å²) in [5.74, 6) is 0.209. The largest absolute Gasteiger partial charge is 0.308 e. The number of nitrogens with zero attached hydrogens (tertiary/aromatic N) is 2. The van der Waals surface area contributed by atoms with Crippen LogP contribution >= 0.6 is 11.6 Å². The highest BCUT2D eigenvalue weighted by Crippen LogP contribution is 2.42. The molecule has 0 N–H and O–H groups in total. The minimum Gasteiger partial charge on any atom is -0.308 e. The highest BCUT2D eigenvalue weighted by molar-refractivity contribution is 6.31. The third-order valence-electron chi connectivity index (χ3n) is 11.4. The number of pyridine rings is 1. The standard InChI is InChI=1S/C51H33ClN2/c52-40-28-39(29-41(31-40)54-47-17-8-7-16-45(47)51-48(54)18-9-25-53-51)36-23-24-44-46(30-36)50(38-22-20-33-11-2-4-13-35(33)27-38)43-15-6-5-14-42(43)49(44)37-21-19-32-10-1-3-12-34(32)26-37/h1-14,16-31,43H,15H2. The van der Waals surface area contributed by atoms with E-state index in [-0.39, 0.29) is 5.92 Å². The van der Waals surface area contributed by atoms with E-state index in [1.807, 2.05) is 12.3 Å². The van der Waals surface area contributed by atoms with Gasteiger partial charge in [0.15, 0.2) is 0 Å². The number of benzene rings is 7. The van der Waals surface area contributed by atoms with Crippen molar-refractivity contribution in [1.29, 1.82) is 0 Å². The monoisotopic (exact) mass is 708 g/mol. The average Bonchev–Trinajstić information content (AvgIpc) is 3.56. The predicted octanol–water partition coefficient (Wildman–Crippen LogP) is 11.7. The van der Waals surface area contributed by atoms with E-state index in [0.717, 1.165) is 45.2 Å². The second-order valence-corrected chi connectivity index (χ2v) is 14.9. The predicted molar refractivity (Wildman–Crippen MR) is 227 cm³/mol. The molecule has 11 rings (SSSR count). The number of hydrogen-bond acceptors (Lipinski definition) is 1. The number of hydrogen-bond donors (Lipinski definition) is 0. The number of para-hydroxylation sites is 1. The van der Waals surface area contributed by atoms with Gasteiger partial charge in [-0.1, -0.05) is 133 Å². The fourth-order valence-corrected chi connectivity index (χ4v) is 9.21. The van der Waals surface area contributed by atoms with Gasteiger partial charge in [0.2, 0.25) is 0 Å². The fourth-order valence-electron chi connectivity index (χ4n) is 8.98. The molecule has 3 heteroatoms. The van der Waals surface area contributed by atoms with Crippen LogP contribution in [0, 0.1) is 5.92 Å². The van der Waals surface area contributed by atoms with E-state index in [0.29, 0.717) is 5.02 Å². The van der Waals surface area contributed by atoms with E-state index in [1.54, 1.807) is 0 Å². The number of rotatable bonds is 4. The van der Waals surface area contributed by atoms with Crippen LogP contribution in [-0.2, 0) is 0 Å². The molecule has 1 unspecified atom stereocenters. The molecule has 0 fully saturated rings. The van der Waals surface area contributed by atoms with Gasteiger partial charge in [0.25, 0.3) is 0 Å². The lowest BCUT2D eigenvalue weighted by Gasteiger charge is -2.31. The maximum absolute atomic E-state index is 7.03. The van der Waals surface area contributed by atoms with Crippen LogP contribution in [0.15, 0.2) is 188 Å². The van der Waals surface area contributed by atoms with Crippen LogP contribution in [0.1, 0.15) is 17.5 Å². The van der Waals surface area contributed by atoms with Crippen molar-refractivity contribution in [2.24, 2.45) is 5.92 Å². The smallest absolute Gasteiger partial charge is 0.0963 e. The molecular formula is C51H33ClN2. The maximum atomic E-state index is 7.03. The van der Waals surface area contributed by atoms with E-state index in [2.05, 4.69) is 174 Å². The van der Waals surface area contributed by atoms with Gasteiger partial charge in [0, 0.05) is 28.2 Å². The molecule has 2 heterocycles.